The van der Waals surface area contributed by atoms with Gasteiger partial charge in [0.2, 0.25) is 0 Å². The minimum absolute atomic E-state index is 0.126. The highest BCUT2D eigenvalue weighted by Gasteiger charge is 2.38. The molecular formula is C36H31F3N6O3. The molecule has 0 radical (unpaired) electrons. The van der Waals surface area contributed by atoms with Crippen LogP contribution in [0.5, 0.6) is 0 Å². The zero-order valence-electron chi connectivity index (χ0n) is 25.6. The normalized spacial score (nSPS) is 14.0. The molecule has 12 heteroatoms. The summed E-state index contributed by atoms with van der Waals surface area (Å²) in [5.41, 5.74) is 8.00. The van der Waals surface area contributed by atoms with E-state index in [4.69, 9.17) is 14.9 Å². The predicted octanol–water partition coefficient (Wildman–Crippen LogP) is 7.06. The fraction of sp³-hybridized carbons (Fsp3) is 0.194. The van der Waals surface area contributed by atoms with Gasteiger partial charge in [0.1, 0.15) is 5.82 Å². The molecule has 1 fully saturated rings. The average molecular weight is 653 g/mol. The molecule has 1 aliphatic heterocycles. The molecule has 2 aromatic carbocycles. The van der Waals surface area contributed by atoms with Crippen molar-refractivity contribution in [1.82, 2.24) is 29.8 Å². The number of nitrogens with zero attached hydrogens (tertiary/aromatic N) is 4. The van der Waals surface area contributed by atoms with Gasteiger partial charge in [-0.05, 0) is 61.3 Å². The lowest BCUT2D eigenvalue weighted by Gasteiger charge is -2.31. The van der Waals surface area contributed by atoms with Crippen molar-refractivity contribution in [3.05, 3.63) is 125 Å². The van der Waals surface area contributed by atoms with Crippen LogP contribution < -0.4 is 5.56 Å². The van der Waals surface area contributed by atoms with Crippen molar-refractivity contribution < 1.29 is 23.1 Å². The Labute approximate surface area is 273 Å². The largest absolute Gasteiger partial charge is 0.490 e. The SMILES string of the molecule is O=C(O)C(F)(F)F.O=c1[nH]ccc2nc(-c3ccc(CN4CCC(c5cnc(-c6cccnc6)[nH]5)CC4)cc3)c(-c3ccccc3)cc12. The molecule has 1 aliphatic rings. The summed E-state index contributed by atoms with van der Waals surface area (Å²) in [6.45, 7) is 3.02. The van der Waals surface area contributed by atoms with E-state index in [9.17, 15) is 18.0 Å². The highest BCUT2D eigenvalue weighted by molar-refractivity contribution is 5.91. The van der Waals surface area contributed by atoms with Crippen molar-refractivity contribution >= 4 is 16.9 Å². The molecule has 0 aliphatic carbocycles. The Morgan fingerprint density at radius 2 is 1.62 bits per heavy atom. The quantitative estimate of drug-likeness (QED) is 0.176. The van der Waals surface area contributed by atoms with Crippen LogP contribution >= 0.6 is 0 Å². The van der Waals surface area contributed by atoms with Crippen molar-refractivity contribution in [2.75, 3.05) is 13.1 Å². The molecule has 0 spiro atoms. The fourth-order valence-electron chi connectivity index (χ4n) is 5.79. The molecule has 6 aromatic rings. The lowest BCUT2D eigenvalue weighted by atomic mass is 9.93. The van der Waals surface area contributed by atoms with E-state index in [-0.39, 0.29) is 5.56 Å². The minimum Gasteiger partial charge on any atom is -0.475 e. The van der Waals surface area contributed by atoms with Crippen molar-refractivity contribution in [2.24, 2.45) is 0 Å². The van der Waals surface area contributed by atoms with Crippen molar-refractivity contribution in [1.29, 1.82) is 0 Å². The number of pyridine rings is 3. The van der Waals surface area contributed by atoms with E-state index < -0.39 is 12.1 Å². The summed E-state index contributed by atoms with van der Waals surface area (Å²) in [5, 5.41) is 7.72. The second kappa shape index (κ2) is 14.0. The van der Waals surface area contributed by atoms with Crippen LogP contribution in [0.2, 0.25) is 0 Å². The van der Waals surface area contributed by atoms with Gasteiger partial charge in [-0.15, -0.1) is 0 Å². The van der Waals surface area contributed by atoms with Gasteiger partial charge in [-0.25, -0.2) is 14.8 Å². The van der Waals surface area contributed by atoms with Gasteiger partial charge in [0.25, 0.3) is 5.56 Å². The Kier molecular flexibility index (Phi) is 9.44. The number of aromatic nitrogens is 5. The van der Waals surface area contributed by atoms with E-state index in [1.54, 1.807) is 12.4 Å². The first-order chi connectivity index (χ1) is 23.2. The first-order valence-electron chi connectivity index (χ1n) is 15.3. The third-order valence-corrected chi connectivity index (χ3v) is 8.27. The summed E-state index contributed by atoms with van der Waals surface area (Å²) >= 11 is 0. The summed E-state index contributed by atoms with van der Waals surface area (Å²) in [7, 11) is 0. The van der Waals surface area contributed by atoms with Gasteiger partial charge in [-0.3, -0.25) is 14.7 Å². The van der Waals surface area contributed by atoms with E-state index in [0.29, 0.717) is 16.8 Å². The number of halogens is 3. The van der Waals surface area contributed by atoms with Crippen LogP contribution in [0.15, 0.2) is 108 Å². The Morgan fingerprint density at radius 3 is 2.29 bits per heavy atom. The van der Waals surface area contributed by atoms with Crippen molar-refractivity contribution in [3.8, 4) is 33.8 Å². The average Bonchev–Trinajstić information content (AvgIpc) is 3.60. The molecule has 1 saturated heterocycles. The van der Waals surface area contributed by atoms with Crippen LogP contribution in [0.4, 0.5) is 13.2 Å². The molecule has 7 rings (SSSR count). The zero-order valence-corrected chi connectivity index (χ0v) is 25.6. The van der Waals surface area contributed by atoms with E-state index in [1.807, 2.05) is 54.9 Å². The van der Waals surface area contributed by atoms with Crippen LogP contribution in [0.3, 0.4) is 0 Å². The number of hydrogen-bond donors (Lipinski definition) is 3. The van der Waals surface area contributed by atoms with Gasteiger partial charge >= 0.3 is 12.1 Å². The number of aliphatic carboxylic acids is 1. The summed E-state index contributed by atoms with van der Waals surface area (Å²) in [6.07, 6.45) is 4.39. The maximum atomic E-state index is 12.5. The molecule has 0 unspecified atom stereocenters. The van der Waals surface area contributed by atoms with Crippen LogP contribution in [0.25, 0.3) is 44.7 Å². The lowest BCUT2D eigenvalue weighted by Crippen LogP contribution is -2.32. The van der Waals surface area contributed by atoms with Crippen molar-refractivity contribution in [3.63, 3.8) is 0 Å². The number of nitrogens with one attached hydrogen (secondary N) is 2. The number of aromatic amines is 2. The number of carbonyl (C=O) groups is 1. The lowest BCUT2D eigenvalue weighted by molar-refractivity contribution is -0.192. The monoisotopic (exact) mass is 652 g/mol. The van der Waals surface area contributed by atoms with Gasteiger partial charge < -0.3 is 15.1 Å². The Morgan fingerprint density at radius 1 is 0.917 bits per heavy atom. The molecule has 4 aromatic heterocycles. The number of carboxylic acids is 1. The van der Waals surface area contributed by atoms with E-state index in [1.165, 1.54) is 11.3 Å². The van der Waals surface area contributed by atoms with Gasteiger partial charge in [0.05, 0.1) is 16.6 Å². The molecular weight excluding hydrogens is 621 g/mol. The molecule has 0 saturated carbocycles. The molecule has 3 N–H and O–H groups in total. The standard InChI is InChI=1S/C34H30N6O.C2HF3O2/c41-34-29-19-28(24-5-2-1-3-6-24)32(38-30(29)12-16-36-34)26-10-8-23(9-11-26)22-40-17-13-25(14-18-40)31-21-37-33(39-31)27-7-4-15-35-20-27;3-2(4,5)1(6)7/h1-12,15-16,19-21,25H,13-14,17-18,22H2,(H,36,41)(H,37,39);(H,6,7). The molecule has 0 amide bonds. The maximum absolute atomic E-state index is 12.5. The fourth-order valence-corrected chi connectivity index (χ4v) is 5.79. The summed E-state index contributed by atoms with van der Waals surface area (Å²) < 4.78 is 31.7. The number of H-pyrrole nitrogens is 2. The molecule has 0 atom stereocenters. The topological polar surface area (TPSA) is 128 Å². The third kappa shape index (κ3) is 7.50. The number of alkyl halides is 3. The Hall–Kier alpha value is -5.62. The zero-order chi connectivity index (χ0) is 33.7. The number of hydrogen-bond acceptors (Lipinski definition) is 6. The van der Waals surface area contributed by atoms with Gasteiger partial charge in [-0.1, -0.05) is 54.6 Å². The first-order valence-corrected chi connectivity index (χ1v) is 15.3. The van der Waals surface area contributed by atoms with E-state index in [0.717, 1.165) is 66.2 Å². The maximum Gasteiger partial charge on any atom is 0.490 e. The Bertz CT molecular complexity index is 2060. The molecule has 48 heavy (non-hydrogen) atoms. The highest BCUT2D eigenvalue weighted by Crippen LogP contribution is 2.33. The van der Waals surface area contributed by atoms with Gasteiger partial charge in [-0.2, -0.15) is 13.2 Å². The second-order valence-electron chi connectivity index (χ2n) is 11.5. The third-order valence-electron chi connectivity index (χ3n) is 8.27. The number of piperidine rings is 1. The smallest absolute Gasteiger partial charge is 0.475 e. The summed E-state index contributed by atoms with van der Waals surface area (Å²) in [6, 6.07) is 26.6. The number of rotatable bonds is 6. The number of likely N-dealkylation sites (tertiary alicyclic amines) is 1. The molecule has 0 bridgehead atoms. The number of imidazole rings is 1. The first kappa shape index (κ1) is 32.3. The molecule has 9 nitrogen and oxygen atoms in total. The van der Waals surface area contributed by atoms with Gasteiger partial charge in [0.15, 0.2) is 0 Å². The second-order valence-corrected chi connectivity index (χ2v) is 11.5. The summed E-state index contributed by atoms with van der Waals surface area (Å²) in [5.74, 6) is -1.37. The van der Waals surface area contributed by atoms with E-state index >= 15 is 0 Å². The number of carboxylic acid groups (broad SMARTS) is 1. The highest BCUT2D eigenvalue weighted by atomic mass is 19.4. The number of benzene rings is 2. The van der Waals surface area contributed by atoms with Crippen LogP contribution in [-0.4, -0.2) is 60.2 Å². The number of fused-ring (bicyclic) bond motifs is 1. The minimum atomic E-state index is -5.08. The van der Waals surface area contributed by atoms with Crippen LogP contribution in [0.1, 0.15) is 30.0 Å². The Balaban J connectivity index is 0.000000519. The van der Waals surface area contributed by atoms with Crippen molar-refractivity contribution in [2.45, 2.75) is 31.5 Å². The van der Waals surface area contributed by atoms with Gasteiger partial charge in [0, 0.05) is 59.6 Å². The van der Waals surface area contributed by atoms with E-state index in [2.05, 4.69) is 61.2 Å². The molecule has 5 heterocycles. The predicted molar refractivity (Wildman–Crippen MR) is 176 cm³/mol. The summed E-state index contributed by atoms with van der Waals surface area (Å²) in [4.78, 5) is 44.0. The van der Waals surface area contributed by atoms with Crippen LogP contribution in [0, 0.1) is 0 Å². The van der Waals surface area contributed by atoms with Crippen LogP contribution in [-0.2, 0) is 11.3 Å². The molecule has 244 valence electrons.